The highest BCUT2D eigenvalue weighted by molar-refractivity contribution is 5.79. The second kappa shape index (κ2) is 4.50. The standard InChI is InChI=1S/C5H8O.CH2O/c6-5-3-1-2-4-5;1-2/h1-4H2;1H2. The summed E-state index contributed by atoms with van der Waals surface area (Å²) >= 11 is 0. The molecule has 2 nitrogen and oxygen atoms in total. The first-order valence-electron chi connectivity index (χ1n) is 2.70. The van der Waals surface area contributed by atoms with Crippen LogP contribution in [-0.2, 0) is 9.59 Å². The molecule has 1 saturated carbocycles. The Hall–Kier alpha value is -0.660. The number of hydrogen-bond donors (Lipinski definition) is 0. The monoisotopic (exact) mass is 114 g/mol. The maximum absolute atomic E-state index is 10.2. The van der Waals surface area contributed by atoms with Crippen LogP contribution in [0.25, 0.3) is 0 Å². The summed E-state index contributed by atoms with van der Waals surface area (Å²) in [6.07, 6.45) is 3.97. The number of ketones is 1. The first-order chi connectivity index (χ1) is 3.89. The third-order valence-electron chi connectivity index (χ3n) is 1.16. The van der Waals surface area contributed by atoms with Crippen molar-refractivity contribution < 1.29 is 9.59 Å². The molecule has 0 heterocycles. The van der Waals surface area contributed by atoms with Crippen molar-refractivity contribution in [3.8, 4) is 0 Å². The molecule has 0 aromatic rings. The molecular weight excluding hydrogens is 104 g/mol. The van der Waals surface area contributed by atoms with Crippen LogP contribution in [0.5, 0.6) is 0 Å². The van der Waals surface area contributed by atoms with Gasteiger partial charge in [0.05, 0.1) is 0 Å². The Balaban J connectivity index is 0.000000222. The molecule has 0 spiro atoms. The Kier molecular flexibility index (Phi) is 4.13. The highest BCUT2D eigenvalue weighted by Crippen LogP contribution is 2.11. The van der Waals surface area contributed by atoms with E-state index in [0.717, 1.165) is 25.7 Å². The molecule has 1 fully saturated rings. The molecule has 0 amide bonds. The van der Waals surface area contributed by atoms with Crippen LogP contribution in [-0.4, -0.2) is 12.6 Å². The lowest BCUT2D eigenvalue weighted by atomic mass is 10.4. The maximum atomic E-state index is 10.2. The lowest BCUT2D eigenvalue weighted by molar-refractivity contribution is -0.117. The van der Waals surface area contributed by atoms with E-state index in [0.29, 0.717) is 5.78 Å². The second-order valence-electron chi connectivity index (χ2n) is 1.75. The van der Waals surface area contributed by atoms with Crippen LogP contribution in [0, 0.1) is 0 Å². The molecule has 0 saturated heterocycles. The summed E-state index contributed by atoms with van der Waals surface area (Å²) in [6, 6.07) is 0. The van der Waals surface area contributed by atoms with Crippen LogP contribution in [0.1, 0.15) is 25.7 Å². The van der Waals surface area contributed by atoms with Gasteiger partial charge in [-0.1, -0.05) is 0 Å². The maximum Gasteiger partial charge on any atom is 0.132 e. The Morgan fingerprint density at radius 3 is 1.62 bits per heavy atom. The molecule has 46 valence electrons. The molecule has 1 aliphatic rings. The van der Waals surface area contributed by atoms with E-state index in [1.54, 1.807) is 0 Å². The van der Waals surface area contributed by atoms with Crippen molar-refractivity contribution in [2.24, 2.45) is 0 Å². The van der Waals surface area contributed by atoms with E-state index in [1.807, 2.05) is 6.79 Å². The zero-order valence-corrected chi connectivity index (χ0v) is 4.85. The number of carbonyl (C=O) groups is 2. The zero-order valence-electron chi connectivity index (χ0n) is 4.85. The minimum Gasteiger partial charge on any atom is -0.307 e. The smallest absolute Gasteiger partial charge is 0.132 e. The molecular formula is C6H10O2. The highest BCUT2D eigenvalue weighted by Gasteiger charge is 2.07. The van der Waals surface area contributed by atoms with Gasteiger partial charge in [0.2, 0.25) is 0 Å². The van der Waals surface area contributed by atoms with E-state index >= 15 is 0 Å². The Morgan fingerprint density at radius 2 is 1.50 bits per heavy atom. The first-order valence-corrected chi connectivity index (χ1v) is 2.70. The van der Waals surface area contributed by atoms with Gasteiger partial charge in [0.25, 0.3) is 0 Å². The van der Waals surface area contributed by atoms with Crippen molar-refractivity contribution in [2.45, 2.75) is 25.7 Å². The SMILES string of the molecule is C=O.O=C1CCCC1. The number of carbonyl (C=O) groups excluding carboxylic acids is 2. The predicted octanol–water partition coefficient (Wildman–Crippen LogP) is 0.945. The van der Waals surface area contributed by atoms with E-state index in [4.69, 9.17) is 4.79 Å². The number of hydrogen-bond acceptors (Lipinski definition) is 2. The van der Waals surface area contributed by atoms with Crippen molar-refractivity contribution in [3.63, 3.8) is 0 Å². The summed E-state index contributed by atoms with van der Waals surface area (Å²) in [7, 11) is 0. The molecule has 8 heavy (non-hydrogen) atoms. The van der Waals surface area contributed by atoms with Gasteiger partial charge in [0, 0.05) is 12.8 Å². The second-order valence-corrected chi connectivity index (χ2v) is 1.75. The average Bonchev–Trinajstić information content (AvgIpc) is 2.24. The van der Waals surface area contributed by atoms with E-state index in [-0.39, 0.29) is 0 Å². The Morgan fingerprint density at radius 1 is 1.12 bits per heavy atom. The van der Waals surface area contributed by atoms with Crippen molar-refractivity contribution in [2.75, 3.05) is 0 Å². The van der Waals surface area contributed by atoms with Crippen LogP contribution >= 0.6 is 0 Å². The molecule has 0 unspecified atom stereocenters. The van der Waals surface area contributed by atoms with E-state index in [2.05, 4.69) is 0 Å². The highest BCUT2D eigenvalue weighted by atomic mass is 16.1. The van der Waals surface area contributed by atoms with Gasteiger partial charge in [-0.3, -0.25) is 4.79 Å². The van der Waals surface area contributed by atoms with Crippen LogP contribution in [0.4, 0.5) is 0 Å². The van der Waals surface area contributed by atoms with Gasteiger partial charge in [-0.05, 0) is 12.8 Å². The van der Waals surface area contributed by atoms with Crippen LogP contribution in [0.15, 0.2) is 0 Å². The summed E-state index contributed by atoms with van der Waals surface area (Å²) < 4.78 is 0. The topological polar surface area (TPSA) is 34.1 Å². The van der Waals surface area contributed by atoms with Gasteiger partial charge in [0.15, 0.2) is 0 Å². The van der Waals surface area contributed by atoms with Gasteiger partial charge in [0.1, 0.15) is 12.6 Å². The molecule has 2 heteroatoms. The van der Waals surface area contributed by atoms with Gasteiger partial charge >= 0.3 is 0 Å². The molecule has 0 N–H and O–H groups in total. The third-order valence-corrected chi connectivity index (χ3v) is 1.16. The normalized spacial score (nSPS) is 17.2. The third kappa shape index (κ3) is 2.50. The molecule has 1 aliphatic carbocycles. The zero-order chi connectivity index (χ0) is 6.41. The predicted molar refractivity (Wildman–Crippen MR) is 30.6 cm³/mol. The van der Waals surface area contributed by atoms with E-state index in [1.165, 1.54) is 0 Å². The van der Waals surface area contributed by atoms with Crippen LogP contribution in [0.3, 0.4) is 0 Å². The fourth-order valence-corrected chi connectivity index (χ4v) is 0.769. The minimum absolute atomic E-state index is 0.454. The average molecular weight is 114 g/mol. The molecule has 0 atom stereocenters. The van der Waals surface area contributed by atoms with Crippen molar-refractivity contribution in [1.82, 2.24) is 0 Å². The number of rotatable bonds is 0. The van der Waals surface area contributed by atoms with E-state index < -0.39 is 0 Å². The number of Topliss-reactive ketones (excluding diaryl/α,β-unsaturated/α-hetero) is 1. The summed E-state index contributed by atoms with van der Waals surface area (Å²) in [5.41, 5.74) is 0. The van der Waals surface area contributed by atoms with Crippen molar-refractivity contribution >= 4 is 12.6 Å². The molecule has 1 rings (SSSR count). The minimum atomic E-state index is 0.454. The fourth-order valence-electron chi connectivity index (χ4n) is 0.769. The van der Waals surface area contributed by atoms with Gasteiger partial charge < -0.3 is 4.79 Å². The van der Waals surface area contributed by atoms with Crippen LogP contribution < -0.4 is 0 Å². The molecule has 0 bridgehead atoms. The van der Waals surface area contributed by atoms with E-state index in [9.17, 15) is 4.79 Å². The Labute approximate surface area is 48.9 Å². The molecule has 0 radical (unpaired) electrons. The Bertz CT molecular complexity index is 70.6. The lowest BCUT2D eigenvalue weighted by Crippen LogP contribution is -1.81. The lowest BCUT2D eigenvalue weighted by Gasteiger charge is -1.71. The summed E-state index contributed by atoms with van der Waals surface area (Å²) in [4.78, 5) is 18.2. The summed E-state index contributed by atoms with van der Waals surface area (Å²) in [6.45, 7) is 2.00. The van der Waals surface area contributed by atoms with Gasteiger partial charge in [-0.15, -0.1) is 0 Å². The first kappa shape index (κ1) is 7.34. The quantitative estimate of drug-likeness (QED) is 0.469. The molecule has 0 aliphatic heterocycles. The largest absolute Gasteiger partial charge is 0.307 e. The van der Waals surface area contributed by atoms with Gasteiger partial charge in [-0.2, -0.15) is 0 Å². The van der Waals surface area contributed by atoms with Gasteiger partial charge in [-0.25, -0.2) is 0 Å². The molecule has 0 aromatic heterocycles. The van der Waals surface area contributed by atoms with Crippen molar-refractivity contribution in [3.05, 3.63) is 0 Å². The molecule has 0 aromatic carbocycles. The fraction of sp³-hybridized carbons (Fsp3) is 0.667. The van der Waals surface area contributed by atoms with Crippen molar-refractivity contribution in [1.29, 1.82) is 0 Å². The van der Waals surface area contributed by atoms with Crippen LogP contribution in [0.2, 0.25) is 0 Å². The summed E-state index contributed by atoms with van der Waals surface area (Å²) in [5.74, 6) is 0.454. The summed E-state index contributed by atoms with van der Waals surface area (Å²) in [5, 5.41) is 0.